The van der Waals surface area contributed by atoms with Crippen LogP contribution in [0, 0.1) is 0 Å². The van der Waals surface area contributed by atoms with E-state index in [1.165, 1.54) is 16.8 Å². The Morgan fingerprint density at radius 3 is 2.65 bits per heavy atom. The molecule has 1 aromatic heterocycles. The Morgan fingerprint density at radius 1 is 1.39 bits per heavy atom. The number of nitrogens with one attached hydrogen (secondary N) is 1. The molecular formula is C14H24N2O5SSi. The summed E-state index contributed by atoms with van der Waals surface area (Å²) < 4.78 is 6.93. The van der Waals surface area contributed by atoms with Crippen LogP contribution in [0.3, 0.4) is 0 Å². The molecule has 0 amide bonds. The molecule has 1 aromatic rings. The largest absolute Gasteiger partial charge is 0.394 e. The zero-order chi connectivity index (χ0) is 17.2. The van der Waals surface area contributed by atoms with Crippen molar-refractivity contribution in [2.45, 2.75) is 49.4 Å². The summed E-state index contributed by atoms with van der Waals surface area (Å²) in [5.41, 5.74) is -1.06. The van der Waals surface area contributed by atoms with Crippen LogP contribution in [0.25, 0.3) is 0 Å². The van der Waals surface area contributed by atoms with E-state index in [1.54, 1.807) is 11.8 Å². The van der Waals surface area contributed by atoms with Crippen LogP contribution in [0.1, 0.15) is 6.23 Å². The van der Waals surface area contributed by atoms with E-state index in [4.69, 9.17) is 4.74 Å². The summed E-state index contributed by atoms with van der Waals surface area (Å²) in [5, 5.41) is 19.4. The van der Waals surface area contributed by atoms with Gasteiger partial charge in [-0.15, -0.1) is 0 Å². The average molecular weight is 361 g/mol. The lowest BCUT2D eigenvalue weighted by Gasteiger charge is -2.23. The third-order valence-electron chi connectivity index (χ3n) is 3.78. The number of H-pyrrole nitrogens is 1. The van der Waals surface area contributed by atoms with Gasteiger partial charge >= 0.3 is 5.69 Å². The predicted octanol–water partition coefficient (Wildman–Crippen LogP) is 0.227. The first-order chi connectivity index (χ1) is 10.7. The van der Waals surface area contributed by atoms with Crippen molar-refractivity contribution in [1.29, 1.82) is 0 Å². The first kappa shape index (κ1) is 18.5. The van der Waals surface area contributed by atoms with Crippen molar-refractivity contribution >= 4 is 19.8 Å². The fourth-order valence-electron chi connectivity index (χ4n) is 2.40. The molecular weight excluding hydrogens is 336 g/mol. The van der Waals surface area contributed by atoms with Crippen LogP contribution in [-0.4, -0.2) is 57.7 Å². The number of thioether (sulfide) groups is 1. The number of hydrogen-bond donors (Lipinski definition) is 3. The number of hydrogen-bond acceptors (Lipinski definition) is 6. The maximum absolute atomic E-state index is 12.0. The summed E-state index contributed by atoms with van der Waals surface area (Å²) in [6.45, 7) is 6.50. The van der Waals surface area contributed by atoms with Gasteiger partial charge in [-0.05, 0) is 11.8 Å². The average Bonchev–Trinajstić information content (AvgIpc) is 2.75. The molecule has 1 aliphatic heterocycles. The van der Waals surface area contributed by atoms with Gasteiger partial charge in [-0.25, -0.2) is 4.79 Å². The Labute approximate surface area is 139 Å². The van der Waals surface area contributed by atoms with E-state index in [2.05, 4.69) is 24.6 Å². The Kier molecular flexibility index (Phi) is 5.90. The van der Waals surface area contributed by atoms with Crippen LogP contribution in [0.5, 0.6) is 0 Å². The predicted molar refractivity (Wildman–Crippen MR) is 92.7 cm³/mol. The van der Waals surface area contributed by atoms with E-state index in [9.17, 15) is 19.8 Å². The highest BCUT2D eigenvalue weighted by atomic mass is 32.2. The minimum Gasteiger partial charge on any atom is -0.394 e. The summed E-state index contributed by atoms with van der Waals surface area (Å²) >= 11 is 1.55. The van der Waals surface area contributed by atoms with Crippen molar-refractivity contribution in [3.05, 3.63) is 33.1 Å². The normalized spacial score (nSPS) is 28.2. The smallest absolute Gasteiger partial charge is 0.330 e. The molecule has 0 unspecified atom stereocenters. The molecule has 1 fully saturated rings. The maximum Gasteiger partial charge on any atom is 0.330 e. The topological polar surface area (TPSA) is 105 Å². The van der Waals surface area contributed by atoms with Crippen LogP contribution in [0.4, 0.5) is 0 Å². The zero-order valence-corrected chi connectivity index (χ0v) is 15.4. The first-order valence-electron chi connectivity index (χ1n) is 7.60. The van der Waals surface area contributed by atoms with Crippen LogP contribution in [-0.2, 0) is 4.74 Å². The van der Waals surface area contributed by atoms with Gasteiger partial charge in [0.25, 0.3) is 5.56 Å². The van der Waals surface area contributed by atoms with Gasteiger partial charge in [0.1, 0.15) is 6.10 Å². The number of ether oxygens (including phenoxy) is 1. The number of aromatic amines is 1. The minimum atomic E-state index is -1.20. The molecule has 0 radical (unpaired) electrons. The summed E-state index contributed by atoms with van der Waals surface area (Å²) in [6.07, 6.45) is -0.943. The molecule has 0 aliphatic carbocycles. The Morgan fingerprint density at radius 2 is 2.09 bits per heavy atom. The lowest BCUT2D eigenvalue weighted by Crippen LogP contribution is -2.36. The first-order valence-corrected chi connectivity index (χ1v) is 12.4. The van der Waals surface area contributed by atoms with Gasteiger partial charge in [0.15, 0.2) is 6.23 Å². The lowest BCUT2D eigenvalue weighted by atomic mass is 10.2. The highest BCUT2D eigenvalue weighted by Crippen LogP contribution is 2.37. The molecule has 0 spiro atoms. The maximum atomic E-state index is 12.0. The molecule has 0 bridgehead atoms. The lowest BCUT2D eigenvalue weighted by molar-refractivity contribution is -0.0457. The number of aromatic nitrogens is 2. The molecule has 7 nitrogen and oxygen atoms in total. The molecule has 130 valence electrons. The van der Waals surface area contributed by atoms with E-state index in [1.807, 2.05) is 0 Å². The number of rotatable bonds is 6. The van der Waals surface area contributed by atoms with E-state index < -0.39 is 37.8 Å². The Balaban J connectivity index is 2.20. The summed E-state index contributed by atoms with van der Waals surface area (Å²) in [4.78, 5) is 25.4. The van der Waals surface area contributed by atoms with E-state index in [0.29, 0.717) is 0 Å². The van der Waals surface area contributed by atoms with Crippen LogP contribution >= 0.6 is 11.8 Å². The Bertz CT molecular complexity index is 641. The molecule has 4 atom stereocenters. The van der Waals surface area contributed by atoms with Crippen molar-refractivity contribution < 1.29 is 14.9 Å². The molecule has 1 saturated heterocycles. The van der Waals surface area contributed by atoms with Crippen molar-refractivity contribution in [1.82, 2.24) is 9.55 Å². The quantitative estimate of drug-likeness (QED) is 0.627. The van der Waals surface area contributed by atoms with Gasteiger partial charge in [0, 0.05) is 20.3 Å². The van der Waals surface area contributed by atoms with Crippen LogP contribution in [0.15, 0.2) is 21.9 Å². The Hall–Kier alpha value is -0.873. The third-order valence-corrected chi connectivity index (χ3v) is 7.23. The van der Waals surface area contributed by atoms with Crippen molar-refractivity contribution in [3.63, 3.8) is 0 Å². The number of aliphatic hydroxyl groups is 2. The summed E-state index contributed by atoms with van der Waals surface area (Å²) in [5.74, 6) is 0.855. The van der Waals surface area contributed by atoms with E-state index in [0.717, 1.165) is 11.8 Å². The van der Waals surface area contributed by atoms with Gasteiger partial charge in [-0.3, -0.25) is 14.3 Å². The zero-order valence-electron chi connectivity index (χ0n) is 13.6. The van der Waals surface area contributed by atoms with Crippen molar-refractivity contribution in [2.75, 3.05) is 12.4 Å². The summed E-state index contributed by atoms with van der Waals surface area (Å²) in [7, 11) is -1.20. The highest BCUT2D eigenvalue weighted by molar-refractivity contribution is 8.00. The molecule has 2 rings (SSSR count). The monoisotopic (exact) mass is 360 g/mol. The fourth-order valence-corrected chi connectivity index (χ4v) is 6.33. The standard InChI is InChI=1S/C14H24N2O5SSi/c1-23(2,3)7-6-22-12-11(19)9(8-17)21-13(12)16-5-4-10(18)15-14(16)20/h4-5,9,11-13,17,19H,6-8H2,1-3H3,(H,15,18,20)/t9-,11-,12-,13-/m1/s1. The van der Waals surface area contributed by atoms with Crippen LogP contribution in [0.2, 0.25) is 25.7 Å². The molecule has 2 heterocycles. The molecule has 1 aliphatic rings. The van der Waals surface area contributed by atoms with Gasteiger partial charge < -0.3 is 14.9 Å². The summed E-state index contributed by atoms with van der Waals surface area (Å²) in [6, 6.07) is 2.32. The van der Waals surface area contributed by atoms with Gasteiger partial charge in [-0.2, -0.15) is 11.8 Å². The molecule has 3 N–H and O–H groups in total. The number of aliphatic hydroxyl groups excluding tert-OH is 2. The molecule has 23 heavy (non-hydrogen) atoms. The van der Waals surface area contributed by atoms with Crippen LogP contribution < -0.4 is 11.2 Å². The SMILES string of the molecule is C[Si](C)(C)CCS[C@@H]1[C@H](O)[C@@H](CO)O[C@H]1n1ccc(=O)[nH]c1=O. The van der Waals surface area contributed by atoms with Crippen molar-refractivity contribution in [2.24, 2.45) is 0 Å². The molecule has 9 heteroatoms. The highest BCUT2D eigenvalue weighted by Gasteiger charge is 2.45. The third kappa shape index (κ3) is 4.57. The van der Waals surface area contributed by atoms with Crippen molar-refractivity contribution in [3.8, 4) is 0 Å². The van der Waals surface area contributed by atoms with E-state index in [-0.39, 0.29) is 11.9 Å². The second-order valence-corrected chi connectivity index (χ2v) is 13.8. The molecule has 0 aromatic carbocycles. The fraction of sp³-hybridized carbons (Fsp3) is 0.714. The van der Waals surface area contributed by atoms with Gasteiger partial charge in [-0.1, -0.05) is 19.6 Å². The second kappa shape index (κ2) is 7.35. The second-order valence-electron chi connectivity index (χ2n) is 6.90. The van der Waals surface area contributed by atoms with E-state index >= 15 is 0 Å². The van der Waals surface area contributed by atoms with Gasteiger partial charge in [0.05, 0.1) is 18.0 Å². The number of nitrogens with zero attached hydrogens (tertiary/aromatic N) is 1. The minimum absolute atomic E-state index is 0.319. The molecule has 0 saturated carbocycles. The van der Waals surface area contributed by atoms with Gasteiger partial charge in [0.2, 0.25) is 0 Å².